The number of anilines is 1. The van der Waals surface area contributed by atoms with Crippen molar-refractivity contribution in [3.05, 3.63) is 78.4 Å². The molecule has 1 aliphatic heterocycles. The Morgan fingerprint density at radius 2 is 2.04 bits per heavy atom. The zero-order valence-corrected chi connectivity index (χ0v) is 12.9. The largest absolute Gasteiger partial charge is 0.493 e. The highest BCUT2D eigenvalue weighted by atomic mass is 16.5. The maximum absolute atomic E-state index is 12.5. The first kappa shape index (κ1) is 15.1. The number of ether oxygens (including phenoxy) is 1. The molecule has 0 fully saturated rings. The maximum Gasteiger partial charge on any atom is 0.251 e. The monoisotopic (exact) mass is 305 g/mol. The SMILES string of the molecule is C=CCN(C(=O)/C=C/c1ccc2c(c1)CCO2)c1ccccc1. The molecule has 0 saturated carbocycles. The second kappa shape index (κ2) is 6.97. The van der Waals surface area contributed by atoms with Crippen molar-refractivity contribution >= 4 is 17.7 Å². The van der Waals surface area contributed by atoms with E-state index in [1.807, 2.05) is 48.5 Å². The predicted molar refractivity (Wildman–Crippen MR) is 93.7 cm³/mol. The average molecular weight is 305 g/mol. The molecule has 0 N–H and O–H groups in total. The first-order valence-electron chi connectivity index (χ1n) is 7.69. The highest BCUT2D eigenvalue weighted by molar-refractivity contribution is 6.04. The summed E-state index contributed by atoms with van der Waals surface area (Å²) in [4.78, 5) is 14.2. The van der Waals surface area contributed by atoms with Gasteiger partial charge in [0.25, 0.3) is 5.91 Å². The first-order valence-corrected chi connectivity index (χ1v) is 7.69. The van der Waals surface area contributed by atoms with Gasteiger partial charge in [0.05, 0.1) is 6.61 Å². The Morgan fingerprint density at radius 3 is 2.83 bits per heavy atom. The minimum absolute atomic E-state index is 0.0622. The summed E-state index contributed by atoms with van der Waals surface area (Å²) in [6, 6.07) is 15.6. The lowest BCUT2D eigenvalue weighted by Crippen LogP contribution is -2.29. The number of carbonyl (C=O) groups is 1. The number of amides is 1. The van der Waals surface area contributed by atoms with Crippen molar-refractivity contribution in [2.45, 2.75) is 6.42 Å². The third-order valence-electron chi connectivity index (χ3n) is 3.78. The Kier molecular flexibility index (Phi) is 4.57. The molecule has 0 unspecified atom stereocenters. The summed E-state index contributed by atoms with van der Waals surface area (Å²) in [7, 11) is 0. The fraction of sp³-hybridized carbons (Fsp3) is 0.150. The van der Waals surface area contributed by atoms with Crippen LogP contribution in [0.25, 0.3) is 6.08 Å². The van der Waals surface area contributed by atoms with E-state index < -0.39 is 0 Å². The van der Waals surface area contributed by atoms with Crippen molar-refractivity contribution in [2.75, 3.05) is 18.1 Å². The van der Waals surface area contributed by atoms with Crippen LogP contribution < -0.4 is 9.64 Å². The molecule has 23 heavy (non-hydrogen) atoms. The Morgan fingerprint density at radius 1 is 1.22 bits per heavy atom. The number of fused-ring (bicyclic) bond motifs is 1. The number of rotatable bonds is 5. The van der Waals surface area contributed by atoms with E-state index in [1.165, 1.54) is 5.56 Å². The predicted octanol–water partition coefficient (Wildman–Crippen LogP) is 3.85. The van der Waals surface area contributed by atoms with Crippen LogP contribution >= 0.6 is 0 Å². The van der Waals surface area contributed by atoms with Gasteiger partial charge in [-0.25, -0.2) is 0 Å². The fourth-order valence-corrected chi connectivity index (χ4v) is 2.63. The van der Waals surface area contributed by atoms with E-state index in [9.17, 15) is 4.79 Å². The normalized spacial score (nSPS) is 12.7. The van der Waals surface area contributed by atoms with E-state index in [4.69, 9.17) is 4.74 Å². The summed E-state index contributed by atoms with van der Waals surface area (Å²) in [5.74, 6) is 0.888. The second-order valence-electron chi connectivity index (χ2n) is 5.37. The van der Waals surface area contributed by atoms with E-state index in [-0.39, 0.29) is 5.91 Å². The third kappa shape index (κ3) is 3.51. The van der Waals surface area contributed by atoms with Crippen molar-refractivity contribution in [2.24, 2.45) is 0 Å². The zero-order chi connectivity index (χ0) is 16.1. The number of para-hydroxylation sites is 1. The van der Waals surface area contributed by atoms with Crippen LogP contribution in [0, 0.1) is 0 Å². The molecule has 0 saturated heterocycles. The highest BCUT2D eigenvalue weighted by Gasteiger charge is 2.13. The summed E-state index contributed by atoms with van der Waals surface area (Å²) in [6.45, 7) is 4.95. The van der Waals surface area contributed by atoms with Crippen LogP contribution in [0.3, 0.4) is 0 Å². The number of hydrogen-bond acceptors (Lipinski definition) is 2. The smallest absolute Gasteiger partial charge is 0.251 e. The van der Waals surface area contributed by atoms with Crippen LogP contribution in [-0.4, -0.2) is 19.1 Å². The van der Waals surface area contributed by atoms with Gasteiger partial charge in [-0.15, -0.1) is 6.58 Å². The quantitative estimate of drug-likeness (QED) is 0.620. The van der Waals surface area contributed by atoms with E-state index in [0.717, 1.165) is 30.0 Å². The first-order chi connectivity index (χ1) is 11.3. The van der Waals surface area contributed by atoms with E-state index in [1.54, 1.807) is 17.1 Å². The lowest BCUT2D eigenvalue weighted by molar-refractivity contribution is -0.114. The van der Waals surface area contributed by atoms with Crippen molar-refractivity contribution < 1.29 is 9.53 Å². The molecule has 1 aliphatic rings. The average Bonchev–Trinajstić information content (AvgIpc) is 3.06. The maximum atomic E-state index is 12.5. The molecule has 1 heterocycles. The van der Waals surface area contributed by atoms with Crippen LogP contribution in [0.1, 0.15) is 11.1 Å². The van der Waals surface area contributed by atoms with Crippen LogP contribution in [0.4, 0.5) is 5.69 Å². The molecule has 0 aromatic heterocycles. The fourth-order valence-electron chi connectivity index (χ4n) is 2.63. The molecule has 3 rings (SSSR count). The van der Waals surface area contributed by atoms with Crippen molar-refractivity contribution in [1.29, 1.82) is 0 Å². The number of benzene rings is 2. The molecule has 0 atom stereocenters. The van der Waals surface area contributed by atoms with E-state index in [2.05, 4.69) is 12.6 Å². The van der Waals surface area contributed by atoms with Crippen molar-refractivity contribution in [3.8, 4) is 5.75 Å². The topological polar surface area (TPSA) is 29.5 Å². The van der Waals surface area contributed by atoms with Gasteiger partial charge in [-0.05, 0) is 41.5 Å². The van der Waals surface area contributed by atoms with Gasteiger partial charge in [-0.1, -0.05) is 30.3 Å². The zero-order valence-electron chi connectivity index (χ0n) is 12.9. The molecule has 0 spiro atoms. The summed E-state index contributed by atoms with van der Waals surface area (Å²) in [5.41, 5.74) is 3.07. The van der Waals surface area contributed by atoms with Crippen LogP contribution in [0.5, 0.6) is 5.75 Å². The van der Waals surface area contributed by atoms with Gasteiger partial charge in [0, 0.05) is 24.7 Å². The number of hydrogen-bond donors (Lipinski definition) is 0. The molecule has 0 aliphatic carbocycles. The molecule has 3 nitrogen and oxygen atoms in total. The van der Waals surface area contributed by atoms with Gasteiger partial charge in [-0.3, -0.25) is 4.79 Å². The van der Waals surface area contributed by atoms with Gasteiger partial charge in [0.15, 0.2) is 0 Å². The molecule has 2 aromatic rings. The van der Waals surface area contributed by atoms with E-state index >= 15 is 0 Å². The molecule has 1 amide bonds. The van der Waals surface area contributed by atoms with Crippen molar-refractivity contribution in [1.82, 2.24) is 0 Å². The molecule has 2 aromatic carbocycles. The van der Waals surface area contributed by atoms with Crippen molar-refractivity contribution in [3.63, 3.8) is 0 Å². The molecular weight excluding hydrogens is 286 g/mol. The minimum atomic E-state index is -0.0622. The van der Waals surface area contributed by atoms with Crippen LogP contribution in [0.15, 0.2) is 67.3 Å². The standard InChI is InChI=1S/C20H19NO2/c1-2-13-21(18-6-4-3-5-7-18)20(22)11-9-16-8-10-19-17(15-16)12-14-23-19/h2-11,15H,1,12-14H2/b11-9+. The van der Waals surface area contributed by atoms with Crippen LogP contribution in [0.2, 0.25) is 0 Å². The second-order valence-corrected chi connectivity index (χ2v) is 5.37. The number of nitrogens with zero attached hydrogens (tertiary/aromatic N) is 1. The Labute approximate surface area is 136 Å². The van der Waals surface area contributed by atoms with Gasteiger partial charge < -0.3 is 9.64 Å². The van der Waals surface area contributed by atoms with Gasteiger partial charge >= 0.3 is 0 Å². The van der Waals surface area contributed by atoms with Gasteiger partial charge in [0.1, 0.15) is 5.75 Å². The lowest BCUT2D eigenvalue weighted by Gasteiger charge is -2.19. The molecule has 0 bridgehead atoms. The van der Waals surface area contributed by atoms with Crippen LogP contribution in [-0.2, 0) is 11.2 Å². The highest BCUT2D eigenvalue weighted by Crippen LogP contribution is 2.26. The molecule has 116 valence electrons. The molecular formula is C20H19NO2. The third-order valence-corrected chi connectivity index (χ3v) is 3.78. The number of carbonyl (C=O) groups excluding carboxylic acids is 1. The summed E-state index contributed by atoms with van der Waals surface area (Å²) < 4.78 is 5.50. The Bertz CT molecular complexity index is 735. The lowest BCUT2D eigenvalue weighted by atomic mass is 10.1. The summed E-state index contributed by atoms with van der Waals surface area (Å²) in [5, 5.41) is 0. The summed E-state index contributed by atoms with van der Waals surface area (Å²) >= 11 is 0. The van der Waals surface area contributed by atoms with Gasteiger partial charge in [-0.2, -0.15) is 0 Å². The van der Waals surface area contributed by atoms with E-state index in [0.29, 0.717) is 6.54 Å². The Hall–Kier alpha value is -2.81. The molecule has 3 heteroatoms. The minimum Gasteiger partial charge on any atom is -0.493 e. The Balaban J connectivity index is 1.77. The molecule has 0 radical (unpaired) electrons. The summed E-state index contributed by atoms with van der Waals surface area (Å²) in [6.07, 6.45) is 6.11. The van der Waals surface area contributed by atoms with Gasteiger partial charge in [0.2, 0.25) is 0 Å².